The number of halogens is 2. The number of likely N-dealkylation sites (N-methyl/N-ethyl adjacent to an activating group) is 1. The topological polar surface area (TPSA) is 93.0 Å². The number of carbonyl (C=O) groups excluding carboxylic acids is 2. The molecule has 2 aromatic carbocycles. The number of nitrogens with zero attached hydrogens (tertiary/aromatic N) is 5. The van der Waals surface area contributed by atoms with E-state index in [-0.39, 0.29) is 37.3 Å². The molecule has 30 heavy (non-hydrogen) atoms. The quantitative estimate of drug-likeness (QED) is 0.592. The molecule has 10 heteroatoms. The van der Waals surface area contributed by atoms with Gasteiger partial charge in [-0.25, -0.2) is 4.39 Å². The summed E-state index contributed by atoms with van der Waals surface area (Å²) in [5.74, 6) is -0.592. The van der Waals surface area contributed by atoms with E-state index in [1.165, 1.54) is 21.8 Å². The van der Waals surface area contributed by atoms with Crippen molar-refractivity contribution in [2.75, 3.05) is 13.1 Å². The Bertz CT molecular complexity index is 1010. The Balaban J connectivity index is 1.53. The monoisotopic (exact) mass is 430 g/mol. The first-order chi connectivity index (χ1) is 14.4. The summed E-state index contributed by atoms with van der Waals surface area (Å²) in [5, 5.41) is 15.4. The van der Waals surface area contributed by atoms with Crippen LogP contribution < -0.4 is 5.32 Å². The van der Waals surface area contributed by atoms with Gasteiger partial charge in [0.15, 0.2) is 0 Å². The van der Waals surface area contributed by atoms with Crippen molar-refractivity contribution in [3.05, 3.63) is 64.9 Å². The van der Waals surface area contributed by atoms with Crippen LogP contribution in [0.25, 0.3) is 11.4 Å². The van der Waals surface area contributed by atoms with Crippen LogP contribution >= 0.6 is 11.6 Å². The minimum atomic E-state index is -0.339. The van der Waals surface area contributed by atoms with Crippen LogP contribution in [-0.4, -0.2) is 50.0 Å². The third kappa shape index (κ3) is 5.84. The number of rotatable bonds is 8. The van der Waals surface area contributed by atoms with E-state index in [0.717, 1.165) is 11.1 Å². The lowest BCUT2D eigenvalue weighted by molar-refractivity contribution is -0.136. The Kier molecular flexibility index (Phi) is 7.08. The Hall–Kier alpha value is -3.33. The molecule has 0 spiro atoms. The van der Waals surface area contributed by atoms with Crippen molar-refractivity contribution < 1.29 is 14.0 Å². The number of carbonyl (C=O) groups is 2. The lowest BCUT2D eigenvalue weighted by atomic mass is 10.2. The van der Waals surface area contributed by atoms with Gasteiger partial charge in [0.05, 0.1) is 6.54 Å². The van der Waals surface area contributed by atoms with Crippen LogP contribution in [0.4, 0.5) is 4.39 Å². The van der Waals surface area contributed by atoms with Gasteiger partial charge in [-0.15, -0.1) is 10.2 Å². The maximum atomic E-state index is 12.9. The predicted molar refractivity (Wildman–Crippen MR) is 109 cm³/mol. The molecule has 0 atom stereocenters. The second-order valence-electron chi connectivity index (χ2n) is 6.46. The van der Waals surface area contributed by atoms with Crippen LogP contribution in [0, 0.1) is 5.82 Å². The minimum Gasteiger partial charge on any atom is -0.350 e. The summed E-state index contributed by atoms with van der Waals surface area (Å²) in [6.45, 7) is 2.13. The van der Waals surface area contributed by atoms with Crippen LogP contribution in [0.5, 0.6) is 0 Å². The zero-order valence-electron chi connectivity index (χ0n) is 16.3. The van der Waals surface area contributed by atoms with Gasteiger partial charge in [-0.2, -0.15) is 4.80 Å². The van der Waals surface area contributed by atoms with Crippen LogP contribution in [0.1, 0.15) is 12.5 Å². The number of aromatic nitrogens is 4. The highest BCUT2D eigenvalue weighted by molar-refractivity contribution is 6.30. The summed E-state index contributed by atoms with van der Waals surface area (Å²) >= 11 is 5.87. The summed E-state index contributed by atoms with van der Waals surface area (Å²) in [4.78, 5) is 27.3. The van der Waals surface area contributed by atoms with Crippen LogP contribution in [0.15, 0.2) is 48.5 Å². The normalized spacial score (nSPS) is 10.6. The van der Waals surface area contributed by atoms with Gasteiger partial charge < -0.3 is 10.2 Å². The molecule has 0 bridgehead atoms. The largest absolute Gasteiger partial charge is 0.350 e. The summed E-state index contributed by atoms with van der Waals surface area (Å²) in [6, 6.07) is 12.8. The Morgan fingerprint density at radius 2 is 1.83 bits per heavy atom. The summed E-state index contributed by atoms with van der Waals surface area (Å²) in [6.07, 6.45) is 0. The van der Waals surface area contributed by atoms with E-state index in [1.807, 2.05) is 0 Å². The molecule has 1 N–H and O–H groups in total. The molecule has 0 aliphatic carbocycles. The van der Waals surface area contributed by atoms with E-state index in [9.17, 15) is 14.0 Å². The van der Waals surface area contributed by atoms with Crippen molar-refractivity contribution in [3.8, 4) is 11.4 Å². The Morgan fingerprint density at radius 3 is 2.50 bits per heavy atom. The molecule has 0 unspecified atom stereocenters. The number of hydrogen-bond acceptors (Lipinski definition) is 5. The zero-order valence-corrected chi connectivity index (χ0v) is 17.0. The smallest absolute Gasteiger partial charge is 0.246 e. The summed E-state index contributed by atoms with van der Waals surface area (Å²) in [5.41, 5.74) is 1.49. The van der Waals surface area contributed by atoms with E-state index >= 15 is 0 Å². The van der Waals surface area contributed by atoms with Crippen molar-refractivity contribution in [3.63, 3.8) is 0 Å². The van der Waals surface area contributed by atoms with Gasteiger partial charge in [0.1, 0.15) is 12.4 Å². The van der Waals surface area contributed by atoms with E-state index in [2.05, 4.69) is 20.7 Å². The molecule has 0 aliphatic heterocycles. The van der Waals surface area contributed by atoms with Crippen LogP contribution in [0.2, 0.25) is 5.02 Å². The highest BCUT2D eigenvalue weighted by Crippen LogP contribution is 2.16. The number of nitrogens with one attached hydrogen (secondary N) is 1. The standard InChI is InChI=1S/C20H20ClFN6O2/c1-2-27(12-18(29)23-11-14-3-9-17(22)10-4-14)19(30)13-28-25-20(24-26-28)15-5-7-16(21)8-6-15/h3-10H,2,11-13H2,1H3,(H,23,29). The maximum absolute atomic E-state index is 12.9. The maximum Gasteiger partial charge on any atom is 0.246 e. The fourth-order valence-corrected chi connectivity index (χ4v) is 2.78. The first-order valence-electron chi connectivity index (χ1n) is 9.27. The molecular formula is C20H20ClFN6O2. The van der Waals surface area contributed by atoms with Gasteiger partial charge >= 0.3 is 0 Å². The number of amides is 2. The third-order valence-electron chi connectivity index (χ3n) is 4.30. The van der Waals surface area contributed by atoms with Gasteiger partial charge in [-0.1, -0.05) is 23.7 Å². The highest BCUT2D eigenvalue weighted by Gasteiger charge is 2.17. The highest BCUT2D eigenvalue weighted by atomic mass is 35.5. The molecule has 3 rings (SSSR count). The lowest BCUT2D eigenvalue weighted by Gasteiger charge is -2.20. The second kappa shape index (κ2) is 9.93. The van der Waals surface area contributed by atoms with E-state index in [0.29, 0.717) is 17.4 Å². The van der Waals surface area contributed by atoms with Gasteiger partial charge in [0.2, 0.25) is 17.6 Å². The molecule has 0 radical (unpaired) electrons. The Morgan fingerprint density at radius 1 is 1.13 bits per heavy atom. The molecule has 0 saturated heterocycles. The SMILES string of the molecule is CCN(CC(=O)NCc1ccc(F)cc1)C(=O)Cn1nnc(-c2ccc(Cl)cc2)n1. The minimum absolute atomic E-state index is 0.102. The first kappa shape index (κ1) is 21.4. The lowest BCUT2D eigenvalue weighted by Crippen LogP contribution is -2.42. The molecular weight excluding hydrogens is 411 g/mol. The number of tetrazole rings is 1. The molecule has 3 aromatic rings. The summed E-state index contributed by atoms with van der Waals surface area (Å²) < 4.78 is 12.9. The van der Waals surface area contributed by atoms with Crippen molar-refractivity contribution in [2.24, 2.45) is 0 Å². The van der Waals surface area contributed by atoms with Crippen molar-refractivity contribution in [1.82, 2.24) is 30.4 Å². The van der Waals surface area contributed by atoms with Crippen LogP contribution in [-0.2, 0) is 22.7 Å². The van der Waals surface area contributed by atoms with Gasteiger partial charge in [0.25, 0.3) is 0 Å². The number of benzene rings is 2. The zero-order chi connectivity index (χ0) is 21.5. The van der Waals surface area contributed by atoms with Crippen molar-refractivity contribution in [1.29, 1.82) is 0 Å². The molecule has 1 aromatic heterocycles. The fraction of sp³-hybridized carbons (Fsp3) is 0.250. The summed E-state index contributed by atoms with van der Waals surface area (Å²) in [7, 11) is 0. The van der Waals surface area contributed by atoms with E-state index in [1.54, 1.807) is 43.3 Å². The molecule has 156 valence electrons. The van der Waals surface area contributed by atoms with Gasteiger partial charge in [0, 0.05) is 23.7 Å². The first-order valence-corrected chi connectivity index (χ1v) is 9.65. The van der Waals surface area contributed by atoms with E-state index in [4.69, 9.17) is 11.6 Å². The fourth-order valence-electron chi connectivity index (χ4n) is 2.65. The molecule has 8 nitrogen and oxygen atoms in total. The Labute approximate surface area is 177 Å². The van der Waals surface area contributed by atoms with Gasteiger partial charge in [-0.3, -0.25) is 9.59 Å². The average molecular weight is 431 g/mol. The average Bonchev–Trinajstić information content (AvgIpc) is 3.20. The number of hydrogen-bond donors (Lipinski definition) is 1. The molecule has 1 heterocycles. The molecule has 0 fully saturated rings. The molecule has 2 amide bonds. The third-order valence-corrected chi connectivity index (χ3v) is 4.56. The molecule has 0 aliphatic rings. The van der Waals surface area contributed by atoms with Crippen molar-refractivity contribution in [2.45, 2.75) is 20.0 Å². The van der Waals surface area contributed by atoms with E-state index < -0.39 is 0 Å². The second-order valence-corrected chi connectivity index (χ2v) is 6.90. The van der Waals surface area contributed by atoms with Crippen molar-refractivity contribution >= 4 is 23.4 Å². The van der Waals surface area contributed by atoms with Gasteiger partial charge in [-0.05, 0) is 54.1 Å². The molecule has 0 saturated carbocycles. The predicted octanol–water partition coefficient (Wildman–Crippen LogP) is 2.30. The van der Waals surface area contributed by atoms with Crippen LogP contribution in [0.3, 0.4) is 0 Å².